The molecular formula is C12H16NO4S+. The van der Waals surface area contributed by atoms with Crippen molar-refractivity contribution in [1.82, 2.24) is 0 Å². The molecule has 1 aromatic heterocycles. The molecule has 0 aliphatic rings. The Balaban J connectivity index is 2.25. The fourth-order valence-corrected chi connectivity index (χ4v) is 2.29. The fraction of sp³-hybridized carbons (Fsp3) is 0.417. The van der Waals surface area contributed by atoms with Gasteiger partial charge in [0.15, 0.2) is 6.54 Å². The maximum atomic E-state index is 11.0. The second-order valence-corrected chi connectivity index (χ2v) is 6.19. The Labute approximate surface area is 106 Å². The number of hydrogen-bond acceptors (Lipinski definition) is 3. The number of hydrogen-bond donors (Lipinski definition) is 1. The first-order valence-electron chi connectivity index (χ1n) is 5.74. The van der Waals surface area contributed by atoms with Gasteiger partial charge in [-0.2, -0.15) is 13.0 Å². The van der Waals surface area contributed by atoms with Crippen LogP contribution in [0.25, 0.3) is 11.1 Å². The van der Waals surface area contributed by atoms with Crippen molar-refractivity contribution < 1.29 is 22.0 Å². The van der Waals surface area contributed by atoms with Gasteiger partial charge in [0.2, 0.25) is 5.58 Å². The third-order valence-corrected chi connectivity index (χ3v) is 4.31. The molecule has 18 heavy (non-hydrogen) atoms. The minimum absolute atomic E-state index is 0.341. The monoisotopic (exact) mass is 270 g/mol. The number of para-hydroxylation sites is 2. The summed E-state index contributed by atoms with van der Waals surface area (Å²) in [6, 6.07) is 7.57. The van der Waals surface area contributed by atoms with Gasteiger partial charge in [0.25, 0.3) is 15.6 Å². The number of nitrogens with zero attached hydrogens (tertiary/aromatic N) is 1. The summed E-state index contributed by atoms with van der Waals surface area (Å²) in [5.41, 5.74) is 1.70. The highest BCUT2D eigenvalue weighted by molar-refractivity contribution is 7.86. The first-order chi connectivity index (χ1) is 8.39. The molecule has 0 aliphatic heterocycles. The molecule has 0 aliphatic carbocycles. The molecule has 5 nitrogen and oxygen atoms in total. The van der Waals surface area contributed by atoms with Crippen molar-refractivity contribution in [2.24, 2.45) is 0 Å². The predicted molar refractivity (Wildman–Crippen MR) is 66.8 cm³/mol. The lowest BCUT2D eigenvalue weighted by Gasteiger charge is -2.04. The zero-order chi connectivity index (χ0) is 13.3. The molecule has 6 heteroatoms. The van der Waals surface area contributed by atoms with Gasteiger partial charge in [-0.05, 0) is 13.0 Å². The summed E-state index contributed by atoms with van der Waals surface area (Å²) in [7, 11) is -3.97. The standard InChI is InChI=1S/C12H15NO4S/c1-9(18(14,15)16)7-8-13-10(2)17-12-6-4-3-5-11(12)13/h3-6,9H,7-8H2,1-2H3/p+1. The van der Waals surface area contributed by atoms with Crippen molar-refractivity contribution in [3.05, 3.63) is 30.2 Å². The Bertz CT molecular complexity index is 660. The molecule has 0 amide bonds. The molecule has 1 heterocycles. The first kappa shape index (κ1) is 13.0. The third kappa shape index (κ3) is 2.54. The molecule has 2 rings (SSSR count). The van der Waals surface area contributed by atoms with Gasteiger partial charge in [0.05, 0.1) is 12.2 Å². The van der Waals surface area contributed by atoms with Crippen molar-refractivity contribution >= 4 is 21.2 Å². The summed E-state index contributed by atoms with van der Waals surface area (Å²) in [5, 5.41) is -0.780. The number of benzene rings is 1. The Morgan fingerprint density at radius 2 is 2.06 bits per heavy atom. The summed E-state index contributed by atoms with van der Waals surface area (Å²) in [5.74, 6) is 0.721. The van der Waals surface area contributed by atoms with Crippen molar-refractivity contribution in [2.75, 3.05) is 0 Å². The molecule has 0 fully saturated rings. The van der Waals surface area contributed by atoms with E-state index >= 15 is 0 Å². The third-order valence-electron chi connectivity index (χ3n) is 3.06. The van der Waals surface area contributed by atoms with Crippen LogP contribution in [0.5, 0.6) is 0 Å². The zero-order valence-corrected chi connectivity index (χ0v) is 11.1. The van der Waals surface area contributed by atoms with E-state index in [0.717, 1.165) is 17.0 Å². The summed E-state index contributed by atoms with van der Waals surface area (Å²) in [4.78, 5) is 0. The summed E-state index contributed by atoms with van der Waals surface area (Å²) in [6.45, 7) is 3.81. The van der Waals surface area contributed by atoms with Crippen molar-refractivity contribution in [1.29, 1.82) is 0 Å². The number of aryl methyl sites for hydroxylation is 2. The number of fused-ring (bicyclic) bond motifs is 1. The second-order valence-electron chi connectivity index (χ2n) is 4.35. The van der Waals surface area contributed by atoms with Gasteiger partial charge in [-0.25, -0.2) is 0 Å². The lowest BCUT2D eigenvalue weighted by Crippen LogP contribution is -2.37. The lowest BCUT2D eigenvalue weighted by molar-refractivity contribution is -0.683. The Kier molecular flexibility index (Phi) is 3.41. The first-order valence-corrected chi connectivity index (χ1v) is 7.24. The van der Waals surface area contributed by atoms with Crippen LogP contribution in [0.4, 0.5) is 0 Å². The van der Waals surface area contributed by atoms with Crippen LogP contribution in [0.1, 0.15) is 19.2 Å². The minimum atomic E-state index is -3.97. The molecule has 2 aromatic rings. The summed E-state index contributed by atoms with van der Waals surface area (Å²) in [6.07, 6.45) is 0.341. The van der Waals surface area contributed by atoms with Crippen LogP contribution in [0.2, 0.25) is 0 Å². The molecule has 0 saturated heterocycles. The van der Waals surface area contributed by atoms with E-state index in [1.54, 1.807) is 0 Å². The molecule has 0 radical (unpaired) electrons. The van der Waals surface area contributed by atoms with Gasteiger partial charge in [-0.3, -0.25) is 4.55 Å². The molecule has 0 spiro atoms. The predicted octanol–water partition coefficient (Wildman–Crippen LogP) is 1.70. The molecule has 0 bridgehead atoms. The van der Waals surface area contributed by atoms with E-state index < -0.39 is 15.4 Å². The van der Waals surface area contributed by atoms with Crippen molar-refractivity contribution in [2.45, 2.75) is 32.1 Å². The topological polar surface area (TPSA) is 71.4 Å². The van der Waals surface area contributed by atoms with Gasteiger partial charge in [-0.15, -0.1) is 0 Å². The van der Waals surface area contributed by atoms with Crippen molar-refractivity contribution in [3.8, 4) is 0 Å². The minimum Gasteiger partial charge on any atom is -0.402 e. The van der Waals surface area contributed by atoms with E-state index in [1.807, 2.05) is 35.8 Å². The summed E-state index contributed by atoms with van der Waals surface area (Å²) < 4.78 is 38.3. The average Bonchev–Trinajstić information content (AvgIpc) is 2.60. The van der Waals surface area contributed by atoms with Gasteiger partial charge in [0, 0.05) is 12.5 Å². The maximum Gasteiger partial charge on any atom is 0.344 e. The van der Waals surface area contributed by atoms with Crippen LogP contribution in [0, 0.1) is 6.92 Å². The number of aromatic nitrogens is 1. The van der Waals surface area contributed by atoms with E-state index in [1.165, 1.54) is 6.92 Å². The van der Waals surface area contributed by atoms with Gasteiger partial charge in [-0.1, -0.05) is 12.1 Å². The smallest absolute Gasteiger partial charge is 0.344 e. The second kappa shape index (κ2) is 4.70. The van der Waals surface area contributed by atoms with Gasteiger partial charge < -0.3 is 4.42 Å². The highest BCUT2D eigenvalue weighted by Crippen LogP contribution is 2.13. The van der Waals surface area contributed by atoms with Crippen molar-refractivity contribution in [3.63, 3.8) is 0 Å². The average molecular weight is 270 g/mol. The van der Waals surface area contributed by atoms with E-state index in [0.29, 0.717) is 13.0 Å². The van der Waals surface area contributed by atoms with Crippen LogP contribution in [0.3, 0.4) is 0 Å². The normalized spacial score (nSPS) is 13.9. The Morgan fingerprint density at radius 1 is 1.39 bits per heavy atom. The van der Waals surface area contributed by atoms with E-state index in [-0.39, 0.29) is 0 Å². The fourth-order valence-electron chi connectivity index (χ4n) is 1.89. The SMILES string of the molecule is Cc1oc2ccccc2[n+]1CCC(C)S(=O)(=O)O. The van der Waals surface area contributed by atoms with E-state index in [2.05, 4.69) is 0 Å². The highest BCUT2D eigenvalue weighted by Gasteiger charge is 2.23. The molecule has 1 N–H and O–H groups in total. The lowest BCUT2D eigenvalue weighted by atomic mass is 10.3. The van der Waals surface area contributed by atoms with Crippen LogP contribution in [-0.2, 0) is 16.7 Å². The maximum absolute atomic E-state index is 11.0. The molecule has 98 valence electrons. The molecule has 1 atom stereocenters. The number of rotatable bonds is 4. The molecule has 0 saturated carbocycles. The molecular weight excluding hydrogens is 254 g/mol. The van der Waals surface area contributed by atoms with Crippen LogP contribution >= 0.6 is 0 Å². The Morgan fingerprint density at radius 3 is 2.72 bits per heavy atom. The van der Waals surface area contributed by atoms with Gasteiger partial charge in [0.1, 0.15) is 0 Å². The molecule has 1 unspecified atom stereocenters. The zero-order valence-electron chi connectivity index (χ0n) is 10.3. The highest BCUT2D eigenvalue weighted by atomic mass is 32.2. The van der Waals surface area contributed by atoms with Crippen LogP contribution in [0.15, 0.2) is 28.7 Å². The largest absolute Gasteiger partial charge is 0.402 e. The van der Waals surface area contributed by atoms with Crippen LogP contribution < -0.4 is 4.57 Å². The van der Waals surface area contributed by atoms with E-state index in [4.69, 9.17) is 8.97 Å². The van der Waals surface area contributed by atoms with E-state index in [9.17, 15) is 8.42 Å². The van der Waals surface area contributed by atoms with Gasteiger partial charge >= 0.3 is 5.89 Å². The molecule has 1 aromatic carbocycles. The Hall–Kier alpha value is -1.40. The summed E-state index contributed by atoms with van der Waals surface area (Å²) >= 11 is 0. The van der Waals surface area contributed by atoms with Crippen LogP contribution in [-0.4, -0.2) is 18.2 Å². The quantitative estimate of drug-likeness (QED) is 0.678. The number of oxazole rings is 1.